The van der Waals surface area contributed by atoms with Crippen LogP contribution in [0.2, 0.25) is 0 Å². The summed E-state index contributed by atoms with van der Waals surface area (Å²) in [5.74, 6) is 2.23. The molecule has 0 aromatic heterocycles. The van der Waals surface area contributed by atoms with Gasteiger partial charge in [0.15, 0.2) is 11.5 Å². The molecule has 2 aromatic carbocycles. The topological polar surface area (TPSA) is 56.8 Å². The van der Waals surface area contributed by atoms with E-state index in [2.05, 4.69) is 5.32 Å². The first-order valence-corrected chi connectivity index (χ1v) is 7.56. The molecule has 23 heavy (non-hydrogen) atoms. The third-order valence-electron chi connectivity index (χ3n) is 3.61. The lowest BCUT2D eigenvalue weighted by atomic mass is 10.2. The molecule has 3 rings (SSSR count). The molecule has 0 fully saturated rings. The van der Waals surface area contributed by atoms with Gasteiger partial charge in [-0.05, 0) is 36.2 Å². The van der Waals surface area contributed by atoms with E-state index in [1.54, 1.807) is 0 Å². The van der Waals surface area contributed by atoms with Crippen LogP contribution >= 0.6 is 0 Å². The maximum Gasteiger partial charge on any atom is 0.231 e. The lowest BCUT2D eigenvalue weighted by Crippen LogP contribution is -2.24. The van der Waals surface area contributed by atoms with Crippen LogP contribution in [0.15, 0.2) is 42.5 Å². The van der Waals surface area contributed by atoms with E-state index in [-0.39, 0.29) is 12.7 Å². The highest BCUT2D eigenvalue weighted by Crippen LogP contribution is 2.32. The van der Waals surface area contributed by atoms with Crippen molar-refractivity contribution in [1.29, 1.82) is 0 Å². The van der Waals surface area contributed by atoms with E-state index in [1.165, 1.54) is 0 Å². The summed E-state index contributed by atoms with van der Waals surface area (Å²) in [5.41, 5.74) is 2.04. The molecule has 1 N–H and O–H groups in total. The van der Waals surface area contributed by atoms with Crippen molar-refractivity contribution in [3.8, 4) is 17.2 Å². The molecule has 0 unspecified atom stereocenters. The summed E-state index contributed by atoms with van der Waals surface area (Å²) in [6.07, 6.45) is 0.318. The van der Waals surface area contributed by atoms with Crippen LogP contribution in [0, 0.1) is 6.92 Å². The number of ether oxygens (including phenoxy) is 3. The molecule has 1 aliphatic rings. The summed E-state index contributed by atoms with van der Waals surface area (Å²) in [6.45, 7) is 3.05. The molecule has 0 spiro atoms. The minimum atomic E-state index is -0.0451. The van der Waals surface area contributed by atoms with Gasteiger partial charge in [0.1, 0.15) is 5.75 Å². The zero-order valence-corrected chi connectivity index (χ0v) is 13.0. The van der Waals surface area contributed by atoms with Crippen LogP contribution in [0.3, 0.4) is 0 Å². The molecule has 0 aliphatic carbocycles. The molecular formula is C18H19NO4. The monoisotopic (exact) mass is 313 g/mol. The third-order valence-corrected chi connectivity index (χ3v) is 3.61. The van der Waals surface area contributed by atoms with Crippen molar-refractivity contribution in [3.63, 3.8) is 0 Å². The minimum absolute atomic E-state index is 0.0451. The molecule has 0 radical (unpaired) electrons. The first-order chi connectivity index (χ1) is 11.2. The molecular weight excluding hydrogens is 294 g/mol. The van der Waals surface area contributed by atoms with E-state index in [0.717, 1.165) is 28.4 Å². The number of carbonyl (C=O) groups is 1. The van der Waals surface area contributed by atoms with Crippen LogP contribution in [0.5, 0.6) is 17.2 Å². The second kappa shape index (κ2) is 7.05. The van der Waals surface area contributed by atoms with Crippen LogP contribution in [-0.2, 0) is 11.3 Å². The van der Waals surface area contributed by atoms with Gasteiger partial charge < -0.3 is 19.5 Å². The van der Waals surface area contributed by atoms with Gasteiger partial charge in [0.25, 0.3) is 0 Å². The summed E-state index contributed by atoms with van der Waals surface area (Å²) in [6, 6.07) is 13.4. The summed E-state index contributed by atoms with van der Waals surface area (Å²) in [7, 11) is 0. The van der Waals surface area contributed by atoms with Gasteiger partial charge in [0, 0.05) is 6.54 Å². The molecule has 2 aromatic rings. The molecule has 1 heterocycles. The number of benzene rings is 2. The Hall–Kier alpha value is -2.69. The van der Waals surface area contributed by atoms with Gasteiger partial charge in [-0.1, -0.05) is 24.3 Å². The number of nitrogens with one attached hydrogen (secondary N) is 1. The fraction of sp³-hybridized carbons (Fsp3) is 0.278. The van der Waals surface area contributed by atoms with Crippen molar-refractivity contribution in [1.82, 2.24) is 5.32 Å². The number of carbonyl (C=O) groups excluding carboxylic acids is 1. The largest absolute Gasteiger partial charge is 0.493 e. The Morgan fingerprint density at radius 3 is 2.87 bits per heavy atom. The number of hydrogen-bond acceptors (Lipinski definition) is 4. The average molecular weight is 313 g/mol. The molecule has 0 atom stereocenters. The maximum atomic E-state index is 11.9. The van der Waals surface area contributed by atoms with Crippen LogP contribution in [-0.4, -0.2) is 19.3 Å². The van der Waals surface area contributed by atoms with Crippen molar-refractivity contribution in [2.24, 2.45) is 0 Å². The van der Waals surface area contributed by atoms with Gasteiger partial charge in [-0.3, -0.25) is 4.79 Å². The molecule has 1 amide bonds. The van der Waals surface area contributed by atoms with E-state index in [1.807, 2.05) is 49.4 Å². The van der Waals surface area contributed by atoms with E-state index >= 15 is 0 Å². The van der Waals surface area contributed by atoms with Gasteiger partial charge in [0.05, 0.1) is 13.0 Å². The van der Waals surface area contributed by atoms with E-state index in [0.29, 0.717) is 19.6 Å². The Morgan fingerprint density at radius 2 is 2.00 bits per heavy atom. The van der Waals surface area contributed by atoms with Crippen LogP contribution < -0.4 is 19.5 Å². The maximum absolute atomic E-state index is 11.9. The molecule has 0 saturated heterocycles. The van der Waals surface area contributed by atoms with Crippen molar-refractivity contribution < 1.29 is 19.0 Å². The predicted molar refractivity (Wildman–Crippen MR) is 85.7 cm³/mol. The molecule has 0 saturated carbocycles. The van der Waals surface area contributed by atoms with Gasteiger partial charge >= 0.3 is 0 Å². The Kier molecular flexibility index (Phi) is 4.66. The van der Waals surface area contributed by atoms with Gasteiger partial charge in [0.2, 0.25) is 12.7 Å². The normalized spacial score (nSPS) is 12.0. The van der Waals surface area contributed by atoms with Crippen molar-refractivity contribution in [2.45, 2.75) is 19.9 Å². The van der Waals surface area contributed by atoms with Crippen molar-refractivity contribution in [2.75, 3.05) is 13.4 Å². The third kappa shape index (κ3) is 3.94. The summed E-state index contributed by atoms with van der Waals surface area (Å²) in [4.78, 5) is 11.9. The van der Waals surface area contributed by atoms with Gasteiger partial charge in [-0.15, -0.1) is 0 Å². The Balaban J connectivity index is 1.42. The lowest BCUT2D eigenvalue weighted by molar-refractivity contribution is -0.121. The first-order valence-electron chi connectivity index (χ1n) is 7.56. The quantitative estimate of drug-likeness (QED) is 0.891. The van der Waals surface area contributed by atoms with Crippen LogP contribution in [0.25, 0.3) is 0 Å². The Labute approximate surface area is 135 Å². The molecule has 0 bridgehead atoms. The lowest BCUT2D eigenvalue weighted by Gasteiger charge is -2.09. The number of para-hydroxylation sites is 1. The average Bonchev–Trinajstić information content (AvgIpc) is 3.02. The summed E-state index contributed by atoms with van der Waals surface area (Å²) < 4.78 is 16.2. The smallest absolute Gasteiger partial charge is 0.231 e. The van der Waals surface area contributed by atoms with E-state index in [9.17, 15) is 4.79 Å². The summed E-state index contributed by atoms with van der Waals surface area (Å²) in [5, 5.41) is 2.88. The second-order valence-corrected chi connectivity index (χ2v) is 5.33. The number of rotatable bonds is 6. The molecule has 5 heteroatoms. The van der Waals surface area contributed by atoms with Gasteiger partial charge in [-0.2, -0.15) is 0 Å². The molecule has 1 aliphatic heterocycles. The van der Waals surface area contributed by atoms with Crippen LogP contribution in [0.1, 0.15) is 17.5 Å². The molecule has 5 nitrogen and oxygen atoms in total. The number of hydrogen-bond donors (Lipinski definition) is 1. The zero-order valence-electron chi connectivity index (χ0n) is 13.0. The SMILES string of the molecule is Cc1ccccc1OCCC(=O)NCc1ccc2c(c1)OCO2. The highest BCUT2D eigenvalue weighted by molar-refractivity contribution is 5.76. The van der Waals surface area contributed by atoms with Gasteiger partial charge in [-0.25, -0.2) is 0 Å². The first kappa shape index (κ1) is 15.2. The summed E-state index contributed by atoms with van der Waals surface area (Å²) >= 11 is 0. The number of amides is 1. The fourth-order valence-electron chi connectivity index (χ4n) is 2.31. The van der Waals surface area contributed by atoms with Crippen molar-refractivity contribution >= 4 is 5.91 Å². The predicted octanol–water partition coefficient (Wildman–Crippen LogP) is 2.81. The number of aryl methyl sites for hydroxylation is 1. The second-order valence-electron chi connectivity index (χ2n) is 5.33. The zero-order chi connectivity index (χ0) is 16.1. The van der Waals surface area contributed by atoms with E-state index < -0.39 is 0 Å². The Bertz CT molecular complexity index is 699. The highest BCUT2D eigenvalue weighted by atomic mass is 16.7. The highest BCUT2D eigenvalue weighted by Gasteiger charge is 2.13. The standard InChI is InChI=1S/C18H19NO4/c1-13-4-2-3-5-15(13)21-9-8-18(20)19-11-14-6-7-16-17(10-14)23-12-22-16/h2-7,10H,8-9,11-12H2,1H3,(H,19,20). The van der Waals surface area contributed by atoms with Crippen LogP contribution in [0.4, 0.5) is 0 Å². The minimum Gasteiger partial charge on any atom is -0.493 e. The molecule has 120 valence electrons. The number of fused-ring (bicyclic) bond motifs is 1. The van der Waals surface area contributed by atoms with E-state index in [4.69, 9.17) is 14.2 Å². The Morgan fingerprint density at radius 1 is 1.17 bits per heavy atom. The van der Waals surface area contributed by atoms with Crippen molar-refractivity contribution in [3.05, 3.63) is 53.6 Å². The fourth-order valence-corrected chi connectivity index (χ4v) is 2.31.